The molecule has 19 heavy (non-hydrogen) atoms. The summed E-state index contributed by atoms with van der Waals surface area (Å²) in [5.41, 5.74) is 0. The smallest absolute Gasteiger partial charge is 0.0620 e. The second-order valence-corrected chi connectivity index (χ2v) is 6.45. The van der Waals surface area contributed by atoms with Crippen LogP contribution < -0.4 is 5.32 Å². The van der Waals surface area contributed by atoms with E-state index in [2.05, 4.69) is 44.8 Å². The van der Waals surface area contributed by atoms with E-state index < -0.39 is 0 Å². The average molecular weight is 270 g/mol. The molecule has 0 amide bonds. The van der Waals surface area contributed by atoms with Crippen LogP contribution in [0.15, 0.2) is 0 Å². The van der Waals surface area contributed by atoms with E-state index in [9.17, 15) is 0 Å². The fourth-order valence-corrected chi connectivity index (χ4v) is 3.32. The molecule has 1 heterocycles. The third-order valence-corrected chi connectivity index (χ3v) is 4.81. The molecular formula is C16H34N2O. The summed E-state index contributed by atoms with van der Waals surface area (Å²) in [4.78, 5) is 2.67. The maximum Gasteiger partial charge on any atom is 0.0620 e. The third-order valence-electron chi connectivity index (χ3n) is 4.81. The van der Waals surface area contributed by atoms with E-state index in [-0.39, 0.29) is 0 Å². The minimum atomic E-state index is 0.551. The highest BCUT2D eigenvalue weighted by Gasteiger charge is 2.36. The van der Waals surface area contributed by atoms with Crippen molar-refractivity contribution < 1.29 is 4.74 Å². The quantitative estimate of drug-likeness (QED) is 0.770. The molecule has 1 aliphatic heterocycles. The van der Waals surface area contributed by atoms with Crippen molar-refractivity contribution in [1.29, 1.82) is 0 Å². The molecule has 0 aromatic carbocycles. The van der Waals surface area contributed by atoms with Gasteiger partial charge in [-0.2, -0.15) is 0 Å². The second kappa shape index (κ2) is 8.23. The fraction of sp³-hybridized carbons (Fsp3) is 1.00. The van der Waals surface area contributed by atoms with Crippen LogP contribution in [0.25, 0.3) is 0 Å². The molecule has 1 N–H and O–H groups in total. The molecule has 3 nitrogen and oxygen atoms in total. The highest BCUT2D eigenvalue weighted by Crippen LogP contribution is 2.27. The minimum absolute atomic E-state index is 0.551. The monoisotopic (exact) mass is 270 g/mol. The van der Waals surface area contributed by atoms with Gasteiger partial charge in [-0.05, 0) is 38.1 Å². The largest absolute Gasteiger partial charge is 0.383 e. The molecule has 0 aliphatic carbocycles. The lowest BCUT2D eigenvalue weighted by Crippen LogP contribution is -2.58. The molecular weight excluding hydrogens is 236 g/mol. The molecule has 1 aliphatic rings. The normalized spacial score (nSPS) is 30.8. The van der Waals surface area contributed by atoms with Gasteiger partial charge in [-0.25, -0.2) is 0 Å². The number of hydrogen-bond donors (Lipinski definition) is 1. The summed E-state index contributed by atoms with van der Waals surface area (Å²) in [6.45, 7) is 14.8. The van der Waals surface area contributed by atoms with E-state index in [1.54, 1.807) is 0 Å². The van der Waals surface area contributed by atoms with Crippen molar-refractivity contribution in [2.75, 3.05) is 26.8 Å². The fourth-order valence-electron chi connectivity index (χ4n) is 3.32. The molecule has 1 fully saturated rings. The lowest BCUT2D eigenvalue weighted by molar-refractivity contribution is -0.00614. The number of nitrogens with one attached hydrogen (secondary N) is 1. The first-order valence-electron chi connectivity index (χ1n) is 8.00. The van der Waals surface area contributed by atoms with Crippen LogP contribution in [0.4, 0.5) is 0 Å². The summed E-state index contributed by atoms with van der Waals surface area (Å²) in [6.07, 6.45) is 2.48. The van der Waals surface area contributed by atoms with Gasteiger partial charge in [0.1, 0.15) is 0 Å². The summed E-state index contributed by atoms with van der Waals surface area (Å²) in [5, 5.41) is 3.71. The summed E-state index contributed by atoms with van der Waals surface area (Å²) in [6, 6.07) is 1.86. The molecule has 0 aromatic rings. The van der Waals surface area contributed by atoms with Gasteiger partial charge in [0.2, 0.25) is 0 Å². The van der Waals surface area contributed by atoms with Crippen molar-refractivity contribution >= 4 is 0 Å². The van der Waals surface area contributed by atoms with Crippen LogP contribution in [-0.4, -0.2) is 49.8 Å². The topological polar surface area (TPSA) is 24.5 Å². The van der Waals surface area contributed by atoms with Gasteiger partial charge in [0.25, 0.3) is 0 Å². The first-order chi connectivity index (χ1) is 9.02. The average Bonchev–Trinajstić information content (AvgIpc) is 2.38. The van der Waals surface area contributed by atoms with E-state index in [1.807, 2.05) is 7.11 Å². The molecule has 0 aromatic heterocycles. The molecule has 3 heteroatoms. The number of rotatable bonds is 7. The Kier molecular flexibility index (Phi) is 7.33. The maximum atomic E-state index is 5.44. The minimum Gasteiger partial charge on any atom is -0.383 e. The highest BCUT2D eigenvalue weighted by molar-refractivity contribution is 4.92. The Balaban J connectivity index is 2.63. The van der Waals surface area contributed by atoms with Gasteiger partial charge in [0, 0.05) is 31.8 Å². The van der Waals surface area contributed by atoms with E-state index in [1.165, 1.54) is 19.4 Å². The first kappa shape index (κ1) is 16.9. The Morgan fingerprint density at radius 3 is 2.53 bits per heavy atom. The summed E-state index contributed by atoms with van der Waals surface area (Å²) in [5.74, 6) is 1.35. The predicted molar refractivity (Wildman–Crippen MR) is 82.5 cm³/mol. The third kappa shape index (κ3) is 4.44. The van der Waals surface area contributed by atoms with E-state index in [4.69, 9.17) is 4.74 Å². The van der Waals surface area contributed by atoms with Crippen molar-refractivity contribution in [3.05, 3.63) is 0 Å². The zero-order valence-electron chi connectivity index (χ0n) is 13.8. The number of hydrogen-bond acceptors (Lipinski definition) is 3. The van der Waals surface area contributed by atoms with Crippen molar-refractivity contribution in [3.8, 4) is 0 Å². The molecule has 1 rings (SSSR count). The number of likely N-dealkylation sites (tertiary alicyclic amines) is 1. The van der Waals surface area contributed by atoms with Crippen LogP contribution in [0.5, 0.6) is 0 Å². The summed E-state index contributed by atoms with van der Waals surface area (Å²) >= 11 is 0. The second-order valence-electron chi connectivity index (χ2n) is 6.45. The Hall–Kier alpha value is -0.120. The molecule has 114 valence electrons. The van der Waals surface area contributed by atoms with Crippen molar-refractivity contribution in [3.63, 3.8) is 0 Å². The Bertz CT molecular complexity index is 245. The SMILES string of the molecule is CCCNC1CCN(C(COC)C(C)C)C(C)C1C. The number of methoxy groups -OCH3 is 1. The standard InChI is InChI=1S/C16H34N2O/c1-7-9-17-15-8-10-18(14(5)13(15)4)16(11-19-6)12(2)3/h12-17H,7-11H2,1-6H3. The molecule has 0 radical (unpaired) electrons. The van der Waals surface area contributed by atoms with Gasteiger partial charge >= 0.3 is 0 Å². The van der Waals surface area contributed by atoms with Crippen molar-refractivity contribution in [1.82, 2.24) is 10.2 Å². The van der Waals surface area contributed by atoms with E-state index in [0.717, 1.165) is 13.2 Å². The zero-order chi connectivity index (χ0) is 14.4. The van der Waals surface area contributed by atoms with Crippen molar-refractivity contribution in [2.45, 2.75) is 65.6 Å². The Labute approximate surface area is 120 Å². The lowest BCUT2D eigenvalue weighted by Gasteiger charge is -2.47. The highest BCUT2D eigenvalue weighted by atomic mass is 16.5. The number of nitrogens with zero attached hydrogens (tertiary/aromatic N) is 1. The van der Waals surface area contributed by atoms with Gasteiger partial charge in [0.05, 0.1) is 6.61 Å². The molecule has 0 spiro atoms. The Morgan fingerprint density at radius 1 is 1.32 bits per heavy atom. The molecule has 1 saturated heterocycles. The Morgan fingerprint density at radius 2 is 2.00 bits per heavy atom. The molecule has 4 unspecified atom stereocenters. The van der Waals surface area contributed by atoms with E-state index in [0.29, 0.717) is 30.0 Å². The van der Waals surface area contributed by atoms with Gasteiger partial charge in [-0.1, -0.05) is 27.7 Å². The summed E-state index contributed by atoms with van der Waals surface area (Å²) < 4.78 is 5.44. The van der Waals surface area contributed by atoms with Crippen molar-refractivity contribution in [2.24, 2.45) is 11.8 Å². The molecule has 0 bridgehead atoms. The van der Waals surface area contributed by atoms with Gasteiger partial charge < -0.3 is 10.1 Å². The lowest BCUT2D eigenvalue weighted by atomic mass is 9.84. The van der Waals surface area contributed by atoms with Crippen LogP contribution in [0.3, 0.4) is 0 Å². The van der Waals surface area contributed by atoms with Crippen LogP contribution in [-0.2, 0) is 4.74 Å². The van der Waals surface area contributed by atoms with Crippen LogP contribution >= 0.6 is 0 Å². The van der Waals surface area contributed by atoms with Gasteiger partial charge in [-0.3, -0.25) is 4.90 Å². The maximum absolute atomic E-state index is 5.44. The predicted octanol–water partition coefficient (Wildman–Crippen LogP) is 2.76. The van der Waals surface area contributed by atoms with E-state index >= 15 is 0 Å². The molecule has 0 saturated carbocycles. The van der Waals surface area contributed by atoms with Crippen LogP contribution in [0, 0.1) is 11.8 Å². The van der Waals surface area contributed by atoms with Gasteiger partial charge in [-0.15, -0.1) is 0 Å². The number of ether oxygens (including phenoxy) is 1. The first-order valence-corrected chi connectivity index (χ1v) is 8.00. The number of piperidine rings is 1. The zero-order valence-corrected chi connectivity index (χ0v) is 13.8. The van der Waals surface area contributed by atoms with Crippen LogP contribution in [0.2, 0.25) is 0 Å². The molecule has 4 atom stereocenters. The van der Waals surface area contributed by atoms with Gasteiger partial charge in [0.15, 0.2) is 0 Å². The van der Waals surface area contributed by atoms with Crippen LogP contribution in [0.1, 0.15) is 47.5 Å². The summed E-state index contributed by atoms with van der Waals surface area (Å²) in [7, 11) is 1.82.